The zero-order valence-corrected chi connectivity index (χ0v) is 39.4. The molecule has 11 unspecified atom stereocenters. The van der Waals surface area contributed by atoms with Gasteiger partial charge in [0.2, 0.25) is 0 Å². The van der Waals surface area contributed by atoms with Crippen LogP contribution in [0.25, 0.3) is 0 Å². The van der Waals surface area contributed by atoms with Crippen molar-refractivity contribution in [3.05, 3.63) is 215 Å². The molecule has 11 atom stereocenters. The number of rotatable bonds is 17. The van der Waals surface area contributed by atoms with Gasteiger partial charge in [0, 0.05) is 5.56 Å². The number of thioether (sulfide) groups is 1. The third kappa shape index (κ3) is 12.3. The summed E-state index contributed by atoms with van der Waals surface area (Å²) < 4.78 is 65.5. The normalized spacial score (nSPS) is 26.0. The van der Waals surface area contributed by atoms with Crippen LogP contribution in [0.1, 0.15) is 65.8 Å². The van der Waals surface area contributed by atoms with Crippen LogP contribution in [-0.2, 0) is 54.0 Å². The molecule has 3 fully saturated rings. The van der Waals surface area contributed by atoms with E-state index in [9.17, 15) is 19.2 Å². The Bertz CT molecular complexity index is 2650. The monoisotopic (exact) mass is 980 g/mol. The highest BCUT2D eigenvalue weighted by Gasteiger charge is 2.58. The van der Waals surface area contributed by atoms with E-state index in [0.717, 1.165) is 5.56 Å². The maximum absolute atomic E-state index is 14.3. The molecule has 15 heteroatoms. The largest absolute Gasteiger partial charge is 0.452 e. The molecule has 0 aromatic heterocycles. The van der Waals surface area contributed by atoms with Crippen molar-refractivity contribution in [2.75, 3.05) is 19.0 Å². The fourth-order valence-corrected chi connectivity index (χ4v) is 9.47. The van der Waals surface area contributed by atoms with E-state index in [1.165, 1.54) is 11.8 Å². The van der Waals surface area contributed by atoms with Gasteiger partial charge in [-0.2, -0.15) is 0 Å². The van der Waals surface area contributed by atoms with E-state index in [1.807, 2.05) is 67.6 Å². The van der Waals surface area contributed by atoms with Crippen LogP contribution in [0.5, 0.6) is 0 Å². The lowest BCUT2D eigenvalue weighted by Gasteiger charge is -2.50. The minimum atomic E-state index is -1.61. The molecule has 71 heavy (non-hydrogen) atoms. The van der Waals surface area contributed by atoms with E-state index < -0.39 is 90.7 Å². The van der Waals surface area contributed by atoms with Crippen molar-refractivity contribution in [2.24, 2.45) is 0 Å². The van der Waals surface area contributed by atoms with Crippen molar-refractivity contribution in [3.8, 4) is 0 Å². The number of fused-ring (bicyclic) bond motifs is 1. The maximum Gasteiger partial charge on any atom is 0.338 e. The predicted molar refractivity (Wildman–Crippen MR) is 259 cm³/mol. The van der Waals surface area contributed by atoms with Crippen molar-refractivity contribution in [3.63, 3.8) is 0 Å². The van der Waals surface area contributed by atoms with Crippen LogP contribution in [-0.4, -0.2) is 103 Å². The van der Waals surface area contributed by atoms with Crippen LogP contribution in [0.2, 0.25) is 0 Å². The molecule has 0 bridgehead atoms. The van der Waals surface area contributed by atoms with Crippen molar-refractivity contribution in [1.82, 2.24) is 0 Å². The first kappa shape index (κ1) is 49.3. The Hall–Kier alpha value is -6.69. The average Bonchev–Trinajstić information content (AvgIpc) is 3.42. The Morgan fingerprint density at radius 1 is 0.507 bits per heavy atom. The summed E-state index contributed by atoms with van der Waals surface area (Å²) in [4.78, 5) is 57.0. The molecule has 14 nitrogen and oxygen atoms in total. The minimum Gasteiger partial charge on any atom is -0.452 e. The van der Waals surface area contributed by atoms with E-state index in [1.54, 1.807) is 121 Å². The summed E-state index contributed by atoms with van der Waals surface area (Å²) in [5, 5.41) is 0. The molecule has 0 spiro atoms. The molecule has 0 amide bonds. The van der Waals surface area contributed by atoms with Gasteiger partial charge in [0.15, 0.2) is 37.0 Å². The second-order valence-corrected chi connectivity index (χ2v) is 18.1. The molecule has 366 valence electrons. The number of hydrogen-bond donors (Lipinski definition) is 0. The van der Waals surface area contributed by atoms with Gasteiger partial charge >= 0.3 is 23.9 Å². The fourth-order valence-electron chi connectivity index (χ4n) is 8.52. The first-order valence-electron chi connectivity index (χ1n) is 23.4. The van der Waals surface area contributed by atoms with E-state index in [2.05, 4.69) is 0 Å². The molecule has 6 aromatic rings. The Balaban J connectivity index is 1.14. The molecule has 0 aliphatic carbocycles. The molecule has 9 rings (SSSR count). The van der Waals surface area contributed by atoms with Crippen LogP contribution in [0.15, 0.2) is 182 Å². The molecule has 6 aromatic carbocycles. The summed E-state index contributed by atoms with van der Waals surface area (Å²) in [6.07, 6.45) is -12.7. The topological polar surface area (TPSA) is 161 Å². The summed E-state index contributed by atoms with van der Waals surface area (Å²) in [5.74, 6) is -2.47. The second kappa shape index (κ2) is 23.9. The molecule has 0 saturated carbocycles. The summed E-state index contributed by atoms with van der Waals surface area (Å²) in [6, 6.07) is 52.2. The van der Waals surface area contributed by atoms with Crippen LogP contribution in [0.4, 0.5) is 0 Å². The standard InChI is InChI=1S/C56H52O14S/c1-2-71-56-49(68-53(60)40-29-17-7-18-30-40)47(66-51(58)38-25-13-5-14-26-38)44(42(64-56)34-61-33-36-21-9-3-10-22-36)70-55-48(67-52(59)39-27-15-6-16-28-39)46(65-50(57)37-23-11-4-12-24-37)45-43(63-55)35-62-54(69-45)41-31-19-8-20-32-41/h3-32,42-49,54-56H,2,33-35H2,1H3. The van der Waals surface area contributed by atoms with Gasteiger partial charge in [0.25, 0.3) is 0 Å². The van der Waals surface area contributed by atoms with Crippen LogP contribution < -0.4 is 0 Å². The molecule has 0 N–H and O–H groups in total. The van der Waals surface area contributed by atoms with E-state index in [4.69, 9.17) is 47.4 Å². The lowest BCUT2D eigenvalue weighted by molar-refractivity contribution is -0.375. The van der Waals surface area contributed by atoms with E-state index in [0.29, 0.717) is 11.3 Å². The van der Waals surface area contributed by atoms with Gasteiger partial charge in [0.05, 0.1) is 42.1 Å². The summed E-state index contributed by atoms with van der Waals surface area (Å²) in [7, 11) is 0. The van der Waals surface area contributed by atoms with Gasteiger partial charge in [-0.15, -0.1) is 11.8 Å². The SMILES string of the molecule is CCSC1OC(COCc2ccccc2)C(OC2OC3COC(c4ccccc4)OC3C(OC(=O)c3ccccc3)C2OC(=O)c2ccccc2)C(OC(=O)c2ccccc2)C1OC(=O)c1ccccc1. The number of benzene rings is 6. The smallest absolute Gasteiger partial charge is 0.338 e. The van der Waals surface area contributed by atoms with Crippen LogP contribution in [0, 0.1) is 0 Å². The maximum atomic E-state index is 14.3. The lowest BCUT2D eigenvalue weighted by Crippen LogP contribution is -2.67. The summed E-state index contributed by atoms with van der Waals surface area (Å²) in [5.41, 5.74) is 1.52. The first-order chi connectivity index (χ1) is 34.8. The summed E-state index contributed by atoms with van der Waals surface area (Å²) in [6.45, 7) is 1.90. The zero-order valence-electron chi connectivity index (χ0n) is 38.6. The highest BCUT2D eigenvalue weighted by atomic mass is 32.2. The Morgan fingerprint density at radius 2 is 0.958 bits per heavy atom. The van der Waals surface area contributed by atoms with Crippen molar-refractivity contribution in [2.45, 2.75) is 80.4 Å². The van der Waals surface area contributed by atoms with Crippen LogP contribution >= 0.6 is 11.8 Å². The van der Waals surface area contributed by atoms with Gasteiger partial charge in [-0.1, -0.05) is 140 Å². The number of carbonyl (C=O) groups excluding carboxylic acids is 4. The molecule has 3 saturated heterocycles. The van der Waals surface area contributed by atoms with E-state index in [-0.39, 0.29) is 42.1 Å². The van der Waals surface area contributed by atoms with Crippen molar-refractivity contribution in [1.29, 1.82) is 0 Å². The molecular formula is C56H52O14S. The predicted octanol–water partition coefficient (Wildman–Crippen LogP) is 8.81. The molecular weight excluding hydrogens is 929 g/mol. The van der Waals surface area contributed by atoms with Gasteiger partial charge in [-0.25, -0.2) is 19.2 Å². The minimum absolute atomic E-state index is 0.0768. The van der Waals surface area contributed by atoms with Crippen LogP contribution in [0.3, 0.4) is 0 Å². The number of ether oxygens (including phenoxy) is 10. The third-order valence-electron chi connectivity index (χ3n) is 12.0. The molecule has 3 aliphatic rings. The fraction of sp³-hybridized carbons (Fsp3) is 0.286. The van der Waals surface area contributed by atoms with Crippen molar-refractivity contribution < 1.29 is 66.5 Å². The highest BCUT2D eigenvalue weighted by molar-refractivity contribution is 7.99. The first-order valence-corrected chi connectivity index (χ1v) is 24.4. The summed E-state index contributed by atoms with van der Waals surface area (Å²) >= 11 is 1.34. The van der Waals surface area contributed by atoms with Gasteiger partial charge in [-0.05, 0) is 59.8 Å². The number of carbonyl (C=O) groups is 4. The second-order valence-electron chi connectivity index (χ2n) is 16.8. The Labute approximate surface area is 415 Å². The van der Waals surface area contributed by atoms with Gasteiger partial charge < -0.3 is 47.4 Å². The quantitative estimate of drug-likeness (QED) is 0.0630. The zero-order chi connectivity index (χ0) is 48.9. The highest BCUT2D eigenvalue weighted by Crippen LogP contribution is 2.41. The van der Waals surface area contributed by atoms with Crippen molar-refractivity contribution >= 4 is 35.6 Å². The Morgan fingerprint density at radius 3 is 1.46 bits per heavy atom. The van der Waals surface area contributed by atoms with Gasteiger partial charge in [0.1, 0.15) is 29.9 Å². The number of esters is 4. The molecule has 3 aliphatic heterocycles. The van der Waals surface area contributed by atoms with Gasteiger partial charge in [-0.3, -0.25) is 0 Å². The third-order valence-corrected chi connectivity index (χ3v) is 13.0. The van der Waals surface area contributed by atoms with E-state index >= 15 is 0 Å². The average molecular weight is 981 g/mol. The lowest BCUT2D eigenvalue weighted by atomic mass is 9.95. The Kier molecular flexibility index (Phi) is 16.6. The molecule has 3 heterocycles. The number of hydrogen-bond acceptors (Lipinski definition) is 15. The molecule has 0 radical (unpaired) electrons.